The molecular formula is C13H18N4. The summed E-state index contributed by atoms with van der Waals surface area (Å²) < 4.78 is 0. The third-order valence-corrected chi connectivity index (χ3v) is 2.84. The topological polar surface area (TPSA) is 54.2 Å². The van der Waals surface area contributed by atoms with Crippen LogP contribution in [0.25, 0.3) is 10.8 Å². The van der Waals surface area contributed by atoms with Crippen LogP contribution >= 0.6 is 0 Å². The van der Waals surface area contributed by atoms with Gasteiger partial charge in [-0.25, -0.2) is 0 Å². The first-order valence-electron chi connectivity index (χ1n) is 5.66. The summed E-state index contributed by atoms with van der Waals surface area (Å²) >= 11 is 0. The number of likely N-dealkylation sites (N-methyl/N-ethyl adjacent to an activating group) is 1. The number of nitrogens with zero attached hydrogens (tertiary/aromatic N) is 2. The van der Waals surface area contributed by atoms with E-state index >= 15 is 0 Å². The number of fused-ring (bicyclic) bond motifs is 1. The van der Waals surface area contributed by atoms with Gasteiger partial charge in [-0.1, -0.05) is 18.2 Å². The van der Waals surface area contributed by atoms with Gasteiger partial charge in [-0.2, -0.15) is 0 Å². The Balaban J connectivity index is 2.46. The standard InChI is InChI=1S/C13H18N4/c1-17(2)9-13(16-14)12-5-3-4-10-8-15-7-6-11(10)12/h3-8,13,16H,9,14H2,1-2H3. The van der Waals surface area contributed by atoms with Gasteiger partial charge in [-0.05, 0) is 31.1 Å². The van der Waals surface area contributed by atoms with Crippen molar-refractivity contribution < 1.29 is 0 Å². The molecule has 0 spiro atoms. The number of rotatable bonds is 4. The van der Waals surface area contributed by atoms with Gasteiger partial charge in [-0.3, -0.25) is 16.3 Å². The molecule has 1 unspecified atom stereocenters. The Morgan fingerprint density at radius 3 is 2.88 bits per heavy atom. The first-order valence-corrected chi connectivity index (χ1v) is 5.66. The van der Waals surface area contributed by atoms with Crippen molar-refractivity contribution in [2.24, 2.45) is 5.84 Å². The summed E-state index contributed by atoms with van der Waals surface area (Å²) in [7, 11) is 4.08. The predicted octanol–water partition coefficient (Wildman–Crippen LogP) is 1.30. The molecule has 0 aliphatic rings. The molecule has 1 atom stereocenters. The monoisotopic (exact) mass is 230 g/mol. The first-order chi connectivity index (χ1) is 8.22. The predicted molar refractivity (Wildman–Crippen MR) is 70.4 cm³/mol. The summed E-state index contributed by atoms with van der Waals surface area (Å²) in [4.78, 5) is 6.25. The van der Waals surface area contributed by atoms with Crippen LogP contribution in [-0.4, -0.2) is 30.5 Å². The molecule has 0 saturated heterocycles. The average molecular weight is 230 g/mol. The van der Waals surface area contributed by atoms with Crippen LogP contribution in [-0.2, 0) is 0 Å². The molecule has 1 heterocycles. The molecule has 4 heteroatoms. The van der Waals surface area contributed by atoms with E-state index in [4.69, 9.17) is 5.84 Å². The maximum absolute atomic E-state index is 5.65. The van der Waals surface area contributed by atoms with Crippen LogP contribution in [0.1, 0.15) is 11.6 Å². The van der Waals surface area contributed by atoms with E-state index in [2.05, 4.69) is 27.4 Å². The van der Waals surface area contributed by atoms with Crippen molar-refractivity contribution in [3.63, 3.8) is 0 Å². The summed E-state index contributed by atoms with van der Waals surface area (Å²) in [5.41, 5.74) is 4.09. The molecule has 0 radical (unpaired) electrons. The lowest BCUT2D eigenvalue weighted by Crippen LogP contribution is -2.35. The minimum absolute atomic E-state index is 0.121. The molecular weight excluding hydrogens is 212 g/mol. The molecule has 90 valence electrons. The van der Waals surface area contributed by atoms with Gasteiger partial charge in [0, 0.05) is 24.3 Å². The van der Waals surface area contributed by atoms with E-state index in [1.807, 2.05) is 38.6 Å². The van der Waals surface area contributed by atoms with Gasteiger partial charge in [0.15, 0.2) is 0 Å². The Hall–Kier alpha value is -1.49. The fraction of sp³-hybridized carbons (Fsp3) is 0.308. The molecule has 17 heavy (non-hydrogen) atoms. The van der Waals surface area contributed by atoms with E-state index in [-0.39, 0.29) is 6.04 Å². The van der Waals surface area contributed by atoms with Gasteiger partial charge in [-0.15, -0.1) is 0 Å². The number of hydrazine groups is 1. The molecule has 0 aliphatic carbocycles. The van der Waals surface area contributed by atoms with E-state index < -0.39 is 0 Å². The van der Waals surface area contributed by atoms with E-state index in [0.717, 1.165) is 11.9 Å². The summed E-state index contributed by atoms with van der Waals surface area (Å²) in [6.45, 7) is 0.859. The van der Waals surface area contributed by atoms with Crippen LogP contribution in [0.4, 0.5) is 0 Å². The highest BCUT2D eigenvalue weighted by Crippen LogP contribution is 2.23. The zero-order valence-corrected chi connectivity index (χ0v) is 10.2. The molecule has 1 aromatic heterocycles. The average Bonchev–Trinajstić information content (AvgIpc) is 2.35. The largest absolute Gasteiger partial charge is 0.307 e. The Bertz CT molecular complexity index is 490. The van der Waals surface area contributed by atoms with Gasteiger partial charge in [0.25, 0.3) is 0 Å². The number of benzene rings is 1. The van der Waals surface area contributed by atoms with Crippen LogP contribution in [0.15, 0.2) is 36.7 Å². The van der Waals surface area contributed by atoms with Gasteiger partial charge in [0.1, 0.15) is 0 Å². The smallest absolute Gasteiger partial charge is 0.0592 e. The molecule has 1 aromatic carbocycles. The van der Waals surface area contributed by atoms with Gasteiger partial charge < -0.3 is 4.90 Å². The van der Waals surface area contributed by atoms with Crippen LogP contribution < -0.4 is 11.3 Å². The van der Waals surface area contributed by atoms with Crippen LogP contribution in [0.5, 0.6) is 0 Å². The van der Waals surface area contributed by atoms with E-state index in [1.165, 1.54) is 10.9 Å². The fourth-order valence-corrected chi connectivity index (χ4v) is 2.06. The minimum atomic E-state index is 0.121. The summed E-state index contributed by atoms with van der Waals surface area (Å²) in [6, 6.07) is 8.37. The molecule has 0 bridgehead atoms. The SMILES string of the molecule is CN(C)CC(NN)c1cccc2cnccc12. The van der Waals surface area contributed by atoms with Gasteiger partial charge in [0.05, 0.1) is 6.04 Å². The quantitative estimate of drug-likeness (QED) is 0.614. The number of hydrogen-bond acceptors (Lipinski definition) is 4. The molecule has 0 amide bonds. The number of nitrogens with two attached hydrogens (primary N) is 1. The Labute approximate surface area is 101 Å². The van der Waals surface area contributed by atoms with E-state index in [0.29, 0.717) is 0 Å². The van der Waals surface area contributed by atoms with Gasteiger partial charge in [0.2, 0.25) is 0 Å². The molecule has 2 aromatic rings. The Morgan fingerprint density at radius 1 is 1.35 bits per heavy atom. The zero-order chi connectivity index (χ0) is 12.3. The first kappa shape index (κ1) is 12.0. The second-order valence-corrected chi connectivity index (χ2v) is 4.43. The molecule has 0 saturated carbocycles. The van der Waals surface area contributed by atoms with Crippen LogP contribution in [0, 0.1) is 0 Å². The Morgan fingerprint density at radius 2 is 2.18 bits per heavy atom. The highest BCUT2D eigenvalue weighted by atomic mass is 15.3. The maximum Gasteiger partial charge on any atom is 0.0592 e. The van der Waals surface area contributed by atoms with Crippen molar-refractivity contribution >= 4 is 10.8 Å². The third kappa shape index (κ3) is 2.61. The number of hydrogen-bond donors (Lipinski definition) is 2. The molecule has 4 nitrogen and oxygen atoms in total. The highest BCUT2D eigenvalue weighted by molar-refractivity contribution is 5.85. The van der Waals surface area contributed by atoms with E-state index in [1.54, 1.807) is 0 Å². The molecule has 0 fully saturated rings. The van der Waals surface area contributed by atoms with Crippen LogP contribution in [0.3, 0.4) is 0 Å². The minimum Gasteiger partial charge on any atom is -0.307 e. The van der Waals surface area contributed by atoms with Crippen molar-refractivity contribution in [3.8, 4) is 0 Å². The van der Waals surface area contributed by atoms with Crippen molar-refractivity contribution in [3.05, 3.63) is 42.2 Å². The molecule has 2 rings (SSSR count). The number of nitrogens with one attached hydrogen (secondary N) is 1. The zero-order valence-electron chi connectivity index (χ0n) is 10.2. The lowest BCUT2D eigenvalue weighted by atomic mass is 10.0. The lowest BCUT2D eigenvalue weighted by Gasteiger charge is -2.21. The number of pyridine rings is 1. The Kier molecular flexibility index (Phi) is 3.68. The summed E-state index contributed by atoms with van der Waals surface area (Å²) in [6.07, 6.45) is 3.69. The summed E-state index contributed by atoms with van der Waals surface area (Å²) in [5, 5.41) is 2.34. The second-order valence-electron chi connectivity index (χ2n) is 4.43. The lowest BCUT2D eigenvalue weighted by molar-refractivity contribution is 0.345. The molecule has 3 N–H and O–H groups in total. The normalized spacial score (nSPS) is 13.2. The van der Waals surface area contributed by atoms with Gasteiger partial charge >= 0.3 is 0 Å². The van der Waals surface area contributed by atoms with Crippen LogP contribution in [0.2, 0.25) is 0 Å². The van der Waals surface area contributed by atoms with Crippen molar-refractivity contribution in [1.29, 1.82) is 0 Å². The number of aromatic nitrogens is 1. The second kappa shape index (κ2) is 5.23. The van der Waals surface area contributed by atoms with E-state index in [9.17, 15) is 0 Å². The van der Waals surface area contributed by atoms with Crippen molar-refractivity contribution in [2.45, 2.75) is 6.04 Å². The summed E-state index contributed by atoms with van der Waals surface area (Å²) in [5.74, 6) is 5.65. The van der Waals surface area contributed by atoms with Crippen molar-refractivity contribution in [1.82, 2.24) is 15.3 Å². The highest BCUT2D eigenvalue weighted by Gasteiger charge is 2.13. The fourth-order valence-electron chi connectivity index (χ4n) is 2.06. The van der Waals surface area contributed by atoms with Crippen molar-refractivity contribution in [2.75, 3.05) is 20.6 Å². The maximum atomic E-state index is 5.65. The molecule has 0 aliphatic heterocycles. The third-order valence-electron chi connectivity index (χ3n) is 2.84.